The maximum Gasteiger partial charge on any atom is 0.227 e. The van der Waals surface area contributed by atoms with Crippen molar-refractivity contribution in [3.8, 4) is 0 Å². The molecule has 1 aromatic rings. The predicted octanol–water partition coefficient (Wildman–Crippen LogP) is 3.41. The Balaban J connectivity index is 2.67. The van der Waals surface area contributed by atoms with Gasteiger partial charge in [-0.15, -0.1) is 0 Å². The van der Waals surface area contributed by atoms with Crippen molar-refractivity contribution in [1.82, 2.24) is 5.32 Å². The minimum absolute atomic E-state index is 0.105. The Hall–Kier alpha value is -1.35. The van der Waals surface area contributed by atoms with Crippen LogP contribution < -0.4 is 11.1 Å². The Kier molecular flexibility index (Phi) is 7.44. The highest BCUT2D eigenvalue weighted by atomic mass is 16.2. The second-order valence-corrected chi connectivity index (χ2v) is 5.84. The van der Waals surface area contributed by atoms with Crippen LogP contribution in [0.15, 0.2) is 24.3 Å². The standard InChI is InChI=1S/C18H30N2O/c1-4-11-18(14-19,12-5-2)17(21)20-13-16-9-7-15(6-3)8-10-16/h7-10H,4-6,11-14,19H2,1-3H3,(H,20,21). The Labute approximate surface area is 129 Å². The van der Waals surface area contributed by atoms with Gasteiger partial charge in [-0.2, -0.15) is 0 Å². The summed E-state index contributed by atoms with van der Waals surface area (Å²) >= 11 is 0. The monoisotopic (exact) mass is 290 g/mol. The van der Waals surface area contributed by atoms with Crippen molar-refractivity contribution < 1.29 is 4.79 Å². The smallest absolute Gasteiger partial charge is 0.227 e. The van der Waals surface area contributed by atoms with Crippen LogP contribution in [0.2, 0.25) is 0 Å². The van der Waals surface area contributed by atoms with Gasteiger partial charge < -0.3 is 11.1 Å². The highest BCUT2D eigenvalue weighted by Gasteiger charge is 2.34. The van der Waals surface area contributed by atoms with Gasteiger partial charge in [-0.1, -0.05) is 57.9 Å². The van der Waals surface area contributed by atoms with Crippen molar-refractivity contribution in [1.29, 1.82) is 0 Å². The summed E-state index contributed by atoms with van der Waals surface area (Å²) in [5.41, 5.74) is 7.99. The number of nitrogens with one attached hydrogen (secondary N) is 1. The van der Waals surface area contributed by atoms with Gasteiger partial charge in [0.1, 0.15) is 0 Å². The maximum atomic E-state index is 12.6. The first kappa shape index (κ1) is 17.7. The summed E-state index contributed by atoms with van der Waals surface area (Å²) < 4.78 is 0. The molecule has 0 saturated heterocycles. The van der Waals surface area contributed by atoms with Gasteiger partial charge in [0.05, 0.1) is 5.41 Å². The average Bonchev–Trinajstić information content (AvgIpc) is 2.52. The van der Waals surface area contributed by atoms with Gasteiger partial charge in [0.2, 0.25) is 5.91 Å². The number of amides is 1. The molecule has 1 aromatic carbocycles. The Morgan fingerprint density at radius 1 is 1.05 bits per heavy atom. The second-order valence-electron chi connectivity index (χ2n) is 5.84. The van der Waals surface area contributed by atoms with Crippen molar-refractivity contribution in [3.63, 3.8) is 0 Å². The third kappa shape index (κ3) is 4.85. The van der Waals surface area contributed by atoms with E-state index in [9.17, 15) is 4.79 Å². The van der Waals surface area contributed by atoms with E-state index >= 15 is 0 Å². The van der Waals surface area contributed by atoms with Crippen LogP contribution >= 0.6 is 0 Å². The number of benzene rings is 1. The van der Waals surface area contributed by atoms with Crippen LogP contribution in [-0.4, -0.2) is 12.5 Å². The predicted molar refractivity (Wildman–Crippen MR) is 89.0 cm³/mol. The molecule has 0 heterocycles. The SMILES string of the molecule is CCCC(CN)(CCC)C(=O)NCc1ccc(CC)cc1. The van der Waals surface area contributed by atoms with Crippen LogP contribution in [0.1, 0.15) is 57.6 Å². The van der Waals surface area contributed by atoms with E-state index in [1.165, 1.54) is 5.56 Å². The fraction of sp³-hybridized carbons (Fsp3) is 0.611. The summed E-state index contributed by atoms with van der Waals surface area (Å²) in [6, 6.07) is 8.41. The third-order valence-corrected chi connectivity index (χ3v) is 4.21. The Bertz CT molecular complexity index is 419. The van der Waals surface area contributed by atoms with E-state index in [4.69, 9.17) is 5.73 Å². The summed E-state index contributed by atoms with van der Waals surface area (Å²) in [7, 11) is 0. The molecule has 3 N–H and O–H groups in total. The lowest BCUT2D eigenvalue weighted by Crippen LogP contribution is -2.45. The molecule has 0 spiro atoms. The highest BCUT2D eigenvalue weighted by Crippen LogP contribution is 2.29. The maximum absolute atomic E-state index is 12.6. The molecule has 0 aliphatic rings. The largest absolute Gasteiger partial charge is 0.352 e. The summed E-state index contributed by atoms with van der Waals surface area (Å²) in [5.74, 6) is 0.105. The molecule has 0 radical (unpaired) electrons. The molecule has 21 heavy (non-hydrogen) atoms. The van der Waals surface area contributed by atoms with E-state index in [1.807, 2.05) is 0 Å². The zero-order chi connectivity index (χ0) is 15.7. The van der Waals surface area contributed by atoms with Crippen molar-refractivity contribution in [3.05, 3.63) is 35.4 Å². The van der Waals surface area contributed by atoms with Crippen molar-refractivity contribution in [2.24, 2.45) is 11.1 Å². The molecule has 3 nitrogen and oxygen atoms in total. The van der Waals surface area contributed by atoms with E-state index in [0.717, 1.165) is 37.7 Å². The molecule has 0 atom stereocenters. The van der Waals surface area contributed by atoms with Gasteiger partial charge >= 0.3 is 0 Å². The van der Waals surface area contributed by atoms with Crippen LogP contribution in [0.5, 0.6) is 0 Å². The minimum atomic E-state index is -0.396. The van der Waals surface area contributed by atoms with E-state index < -0.39 is 5.41 Å². The molecule has 0 aliphatic carbocycles. The second kappa shape index (κ2) is 8.83. The molecule has 118 valence electrons. The normalized spacial score (nSPS) is 11.4. The number of nitrogens with two attached hydrogens (primary N) is 1. The molecular weight excluding hydrogens is 260 g/mol. The molecule has 1 amide bonds. The number of hydrogen-bond acceptors (Lipinski definition) is 2. The zero-order valence-electron chi connectivity index (χ0n) is 13.7. The fourth-order valence-electron chi connectivity index (χ4n) is 2.87. The molecule has 0 fully saturated rings. The van der Waals surface area contributed by atoms with E-state index in [0.29, 0.717) is 13.1 Å². The summed E-state index contributed by atoms with van der Waals surface area (Å²) in [6.45, 7) is 7.36. The minimum Gasteiger partial charge on any atom is -0.352 e. The van der Waals surface area contributed by atoms with Gasteiger partial charge in [0.25, 0.3) is 0 Å². The molecule has 0 unspecified atom stereocenters. The molecule has 0 aromatic heterocycles. The first-order valence-electron chi connectivity index (χ1n) is 8.18. The van der Waals surface area contributed by atoms with Crippen molar-refractivity contribution in [2.45, 2.75) is 59.4 Å². The summed E-state index contributed by atoms with van der Waals surface area (Å²) in [5, 5.41) is 3.08. The molecule has 1 rings (SSSR count). The van der Waals surface area contributed by atoms with Gasteiger partial charge in [-0.05, 0) is 30.4 Å². The Morgan fingerprint density at radius 2 is 1.57 bits per heavy atom. The number of hydrogen-bond donors (Lipinski definition) is 2. The van der Waals surface area contributed by atoms with Gasteiger partial charge in [0, 0.05) is 13.1 Å². The van der Waals surface area contributed by atoms with E-state index in [1.54, 1.807) is 0 Å². The lowest BCUT2D eigenvalue weighted by molar-refractivity contribution is -0.131. The number of carbonyl (C=O) groups is 1. The number of aryl methyl sites for hydroxylation is 1. The van der Waals surface area contributed by atoms with Gasteiger partial charge in [-0.25, -0.2) is 0 Å². The third-order valence-electron chi connectivity index (χ3n) is 4.21. The highest BCUT2D eigenvalue weighted by molar-refractivity contribution is 5.82. The van der Waals surface area contributed by atoms with E-state index in [-0.39, 0.29) is 5.91 Å². The van der Waals surface area contributed by atoms with Crippen LogP contribution in [0.25, 0.3) is 0 Å². The lowest BCUT2D eigenvalue weighted by Gasteiger charge is -2.30. The summed E-state index contributed by atoms with van der Waals surface area (Å²) in [4.78, 5) is 12.6. The van der Waals surface area contributed by atoms with Crippen molar-refractivity contribution >= 4 is 5.91 Å². The number of rotatable bonds is 9. The number of carbonyl (C=O) groups excluding carboxylic acids is 1. The summed E-state index contributed by atoms with van der Waals surface area (Å²) in [6.07, 6.45) is 4.72. The molecule has 0 bridgehead atoms. The molecule has 0 saturated carbocycles. The van der Waals surface area contributed by atoms with Crippen LogP contribution in [0.4, 0.5) is 0 Å². The first-order valence-corrected chi connectivity index (χ1v) is 8.18. The van der Waals surface area contributed by atoms with E-state index in [2.05, 4.69) is 50.4 Å². The van der Waals surface area contributed by atoms with Crippen LogP contribution in [0.3, 0.4) is 0 Å². The molecular formula is C18H30N2O. The quantitative estimate of drug-likeness (QED) is 0.732. The topological polar surface area (TPSA) is 55.1 Å². The molecule has 0 aliphatic heterocycles. The zero-order valence-corrected chi connectivity index (χ0v) is 13.7. The average molecular weight is 290 g/mol. The fourth-order valence-corrected chi connectivity index (χ4v) is 2.87. The van der Waals surface area contributed by atoms with Crippen LogP contribution in [0, 0.1) is 5.41 Å². The lowest BCUT2D eigenvalue weighted by atomic mass is 9.78. The Morgan fingerprint density at radius 3 is 2.00 bits per heavy atom. The van der Waals surface area contributed by atoms with Gasteiger partial charge in [0.15, 0.2) is 0 Å². The van der Waals surface area contributed by atoms with Crippen LogP contribution in [-0.2, 0) is 17.8 Å². The molecule has 3 heteroatoms. The first-order chi connectivity index (χ1) is 10.1. The van der Waals surface area contributed by atoms with Crippen molar-refractivity contribution in [2.75, 3.05) is 6.54 Å². The van der Waals surface area contributed by atoms with Gasteiger partial charge in [-0.3, -0.25) is 4.79 Å².